The van der Waals surface area contributed by atoms with Crippen LogP contribution < -0.4 is 11.3 Å². The molecule has 1 atom stereocenters. The standard InChI is InChI=1S/C12H17F3N4/c13-12(14,15)10-3-1-8(2-4-10)11(19-16)9-5-17-7-18-6-9/h5-8,10-11,19H,1-4,16H2. The fraction of sp³-hybridized carbons (Fsp3) is 0.667. The third kappa shape index (κ3) is 3.42. The number of alkyl halides is 3. The van der Waals surface area contributed by atoms with E-state index in [-0.39, 0.29) is 24.8 Å². The van der Waals surface area contributed by atoms with E-state index in [1.54, 1.807) is 12.4 Å². The van der Waals surface area contributed by atoms with Crippen LogP contribution in [-0.2, 0) is 0 Å². The van der Waals surface area contributed by atoms with Gasteiger partial charge in [0.2, 0.25) is 0 Å². The summed E-state index contributed by atoms with van der Waals surface area (Å²) in [5.41, 5.74) is 3.50. The van der Waals surface area contributed by atoms with E-state index < -0.39 is 12.1 Å². The maximum absolute atomic E-state index is 12.6. The van der Waals surface area contributed by atoms with Gasteiger partial charge in [-0.25, -0.2) is 9.97 Å². The van der Waals surface area contributed by atoms with Crippen LogP contribution in [0.5, 0.6) is 0 Å². The van der Waals surface area contributed by atoms with Gasteiger partial charge in [0.25, 0.3) is 0 Å². The molecule has 1 unspecified atom stereocenters. The van der Waals surface area contributed by atoms with Crippen LogP contribution in [0.25, 0.3) is 0 Å². The summed E-state index contributed by atoms with van der Waals surface area (Å²) in [5.74, 6) is 4.45. The molecule has 1 heterocycles. The first-order chi connectivity index (χ1) is 9.02. The first-order valence-corrected chi connectivity index (χ1v) is 6.30. The highest BCUT2D eigenvalue weighted by Crippen LogP contribution is 2.42. The molecule has 0 aliphatic heterocycles. The summed E-state index contributed by atoms with van der Waals surface area (Å²) < 4.78 is 37.8. The Bertz CT molecular complexity index is 388. The van der Waals surface area contributed by atoms with Gasteiger partial charge in [0.05, 0.1) is 12.0 Å². The second-order valence-electron chi connectivity index (χ2n) is 4.97. The molecule has 0 amide bonds. The highest BCUT2D eigenvalue weighted by atomic mass is 19.4. The highest BCUT2D eigenvalue weighted by Gasteiger charge is 2.42. The summed E-state index contributed by atoms with van der Waals surface area (Å²) in [6, 6.07) is -0.185. The fourth-order valence-electron chi connectivity index (χ4n) is 2.76. The number of hydrazine groups is 1. The Morgan fingerprint density at radius 2 is 1.74 bits per heavy atom. The van der Waals surface area contributed by atoms with E-state index in [2.05, 4.69) is 15.4 Å². The molecule has 19 heavy (non-hydrogen) atoms. The van der Waals surface area contributed by atoms with Crippen molar-refractivity contribution in [3.8, 4) is 0 Å². The van der Waals surface area contributed by atoms with Crippen molar-refractivity contribution in [3.05, 3.63) is 24.3 Å². The van der Waals surface area contributed by atoms with Crippen molar-refractivity contribution in [1.29, 1.82) is 0 Å². The largest absolute Gasteiger partial charge is 0.391 e. The van der Waals surface area contributed by atoms with E-state index in [0.29, 0.717) is 12.8 Å². The van der Waals surface area contributed by atoms with Gasteiger partial charge >= 0.3 is 6.18 Å². The van der Waals surface area contributed by atoms with E-state index in [1.165, 1.54) is 6.33 Å². The third-order valence-corrected chi connectivity index (χ3v) is 3.83. The first-order valence-electron chi connectivity index (χ1n) is 6.30. The predicted molar refractivity (Wildman–Crippen MR) is 63.6 cm³/mol. The molecule has 7 heteroatoms. The van der Waals surface area contributed by atoms with Crippen LogP contribution in [0.1, 0.15) is 37.3 Å². The molecule has 0 spiro atoms. The molecular formula is C12H17F3N4. The van der Waals surface area contributed by atoms with E-state index in [0.717, 1.165) is 5.56 Å². The van der Waals surface area contributed by atoms with E-state index >= 15 is 0 Å². The van der Waals surface area contributed by atoms with Gasteiger partial charge in [-0.05, 0) is 31.6 Å². The SMILES string of the molecule is NNC(c1cncnc1)C1CCC(C(F)(F)F)CC1. The average Bonchev–Trinajstić information content (AvgIpc) is 2.40. The van der Waals surface area contributed by atoms with E-state index in [4.69, 9.17) is 5.84 Å². The quantitative estimate of drug-likeness (QED) is 0.656. The first kappa shape index (κ1) is 14.2. The Kier molecular flexibility index (Phi) is 4.36. The number of nitrogens with two attached hydrogens (primary N) is 1. The van der Waals surface area contributed by atoms with Crippen molar-refractivity contribution in [3.63, 3.8) is 0 Å². The van der Waals surface area contributed by atoms with Crippen LogP contribution in [0.15, 0.2) is 18.7 Å². The summed E-state index contributed by atoms with van der Waals surface area (Å²) in [6.07, 6.45) is 1.98. The molecule has 0 saturated heterocycles. The lowest BCUT2D eigenvalue weighted by Gasteiger charge is -2.34. The molecule has 1 aromatic rings. The number of aromatic nitrogens is 2. The van der Waals surface area contributed by atoms with Crippen molar-refractivity contribution in [2.45, 2.75) is 37.9 Å². The smallest absolute Gasteiger partial charge is 0.271 e. The molecule has 1 fully saturated rings. The number of nitrogens with zero attached hydrogens (tertiary/aromatic N) is 2. The van der Waals surface area contributed by atoms with Crippen LogP contribution in [0.4, 0.5) is 13.2 Å². The zero-order valence-corrected chi connectivity index (χ0v) is 10.4. The van der Waals surface area contributed by atoms with Crippen LogP contribution in [0.2, 0.25) is 0 Å². The second kappa shape index (κ2) is 5.83. The molecule has 0 radical (unpaired) electrons. The molecular weight excluding hydrogens is 257 g/mol. The molecule has 0 aromatic carbocycles. The molecule has 1 saturated carbocycles. The molecule has 4 nitrogen and oxygen atoms in total. The van der Waals surface area contributed by atoms with Gasteiger partial charge in [-0.3, -0.25) is 11.3 Å². The third-order valence-electron chi connectivity index (χ3n) is 3.83. The van der Waals surface area contributed by atoms with Gasteiger partial charge in [0, 0.05) is 18.0 Å². The van der Waals surface area contributed by atoms with Gasteiger partial charge in [-0.2, -0.15) is 13.2 Å². The topological polar surface area (TPSA) is 63.8 Å². The van der Waals surface area contributed by atoms with Crippen LogP contribution in [0, 0.1) is 11.8 Å². The van der Waals surface area contributed by atoms with E-state index in [1.807, 2.05) is 0 Å². The summed E-state index contributed by atoms with van der Waals surface area (Å²) in [4.78, 5) is 7.83. The van der Waals surface area contributed by atoms with Crippen molar-refractivity contribution < 1.29 is 13.2 Å². The number of nitrogens with one attached hydrogen (secondary N) is 1. The second-order valence-corrected chi connectivity index (χ2v) is 4.97. The number of hydrogen-bond acceptors (Lipinski definition) is 4. The summed E-state index contributed by atoms with van der Waals surface area (Å²) in [5, 5.41) is 0. The van der Waals surface area contributed by atoms with Crippen molar-refractivity contribution in [1.82, 2.24) is 15.4 Å². The summed E-state index contributed by atoms with van der Waals surface area (Å²) in [6.45, 7) is 0. The number of hydrogen-bond donors (Lipinski definition) is 2. The molecule has 0 bridgehead atoms. The summed E-state index contributed by atoms with van der Waals surface area (Å²) in [7, 11) is 0. The fourth-order valence-corrected chi connectivity index (χ4v) is 2.76. The Balaban J connectivity index is 2.00. The maximum Gasteiger partial charge on any atom is 0.391 e. The van der Waals surface area contributed by atoms with Gasteiger partial charge in [0.1, 0.15) is 6.33 Å². The van der Waals surface area contributed by atoms with Crippen LogP contribution in [-0.4, -0.2) is 16.1 Å². The van der Waals surface area contributed by atoms with Gasteiger partial charge in [-0.1, -0.05) is 0 Å². The summed E-state index contributed by atoms with van der Waals surface area (Å²) >= 11 is 0. The molecule has 1 aliphatic carbocycles. The monoisotopic (exact) mass is 274 g/mol. The predicted octanol–water partition coefficient (Wildman–Crippen LogP) is 2.35. The molecule has 1 aromatic heterocycles. The minimum absolute atomic E-state index is 0.0922. The molecule has 106 valence electrons. The number of rotatable bonds is 3. The normalized spacial score (nSPS) is 26.1. The number of halogens is 3. The van der Waals surface area contributed by atoms with Crippen LogP contribution >= 0.6 is 0 Å². The Morgan fingerprint density at radius 3 is 2.21 bits per heavy atom. The lowest BCUT2D eigenvalue weighted by atomic mass is 9.77. The minimum Gasteiger partial charge on any atom is -0.271 e. The lowest BCUT2D eigenvalue weighted by molar-refractivity contribution is -0.184. The van der Waals surface area contributed by atoms with Crippen molar-refractivity contribution in [2.75, 3.05) is 0 Å². The Labute approximate surface area is 109 Å². The molecule has 1 aliphatic rings. The highest BCUT2D eigenvalue weighted by molar-refractivity contribution is 5.10. The van der Waals surface area contributed by atoms with Gasteiger partial charge in [-0.15, -0.1) is 0 Å². The average molecular weight is 274 g/mol. The lowest BCUT2D eigenvalue weighted by Crippen LogP contribution is -2.37. The Hall–Kier alpha value is -1.21. The van der Waals surface area contributed by atoms with Crippen LogP contribution in [0.3, 0.4) is 0 Å². The molecule has 3 N–H and O–H groups in total. The maximum atomic E-state index is 12.6. The minimum atomic E-state index is -4.08. The van der Waals surface area contributed by atoms with Gasteiger partial charge < -0.3 is 0 Å². The Morgan fingerprint density at radius 1 is 1.16 bits per heavy atom. The van der Waals surface area contributed by atoms with Crippen molar-refractivity contribution >= 4 is 0 Å². The zero-order valence-electron chi connectivity index (χ0n) is 10.4. The zero-order chi connectivity index (χ0) is 13.9. The van der Waals surface area contributed by atoms with E-state index in [9.17, 15) is 13.2 Å². The van der Waals surface area contributed by atoms with Gasteiger partial charge in [0.15, 0.2) is 0 Å². The van der Waals surface area contributed by atoms with Crippen molar-refractivity contribution in [2.24, 2.45) is 17.7 Å². The molecule has 2 rings (SSSR count).